The Balaban J connectivity index is 2.20. The summed E-state index contributed by atoms with van der Waals surface area (Å²) in [5.74, 6) is 5.21. The first-order valence-corrected chi connectivity index (χ1v) is 6.75. The Labute approximate surface area is 132 Å². The molecule has 1 heterocycles. The highest BCUT2D eigenvalue weighted by Crippen LogP contribution is 2.22. The molecule has 0 fully saturated rings. The number of nitrogens with one attached hydrogen (secondary N) is 1. The van der Waals surface area contributed by atoms with Crippen LogP contribution < -0.4 is 11.1 Å². The molecule has 2 rings (SSSR count). The normalized spacial score (nSPS) is 9.67. The van der Waals surface area contributed by atoms with Gasteiger partial charge in [-0.3, -0.25) is 9.78 Å². The van der Waals surface area contributed by atoms with Gasteiger partial charge in [0, 0.05) is 33.7 Å². The molecule has 0 saturated carbocycles. The van der Waals surface area contributed by atoms with Crippen LogP contribution in [0.1, 0.15) is 15.9 Å². The van der Waals surface area contributed by atoms with Gasteiger partial charge in [-0.05, 0) is 24.3 Å². The van der Waals surface area contributed by atoms with Crippen LogP contribution in [0.5, 0.6) is 0 Å². The lowest BCUT2D eigenvalue weighted by Crippen LogP contribution is -2.12. The van der Waals surface area contributed by atoms with Gasteiger partial charge in [-0.1, -0.05) is 35.0 Å². The number of anilines is 1. The number of hydrogen-bond donors (Lipinski definition) is 2. The van der Waals surface area contributed by atoms with Crippen molar-refractivity contribution >= 4 is 34.8 Å². The lowest BCUT2D eigenvalue weighted by molar-refractivity contribution is 0.102. The smallest absolute Gasteiger partial charge is 0.257 e. The van der Waals surface area contributed by atoms with E-state index in [-0.39, 0.29) is 12.5 Å². The zero-order valence-corrected chi connectivity index (χ0v) is 12.4. The standard InChI is InChI=1S/C15H11Cl2N3O/c16-12-5-13(17)7-14(6-12)20-15(21)11-4-10(2-1-3-18)8-19-9-11/h4-9H,3,18H2,(H,20,21). The number of benzene rings is 1. The van der Waals surface area contributed by atoms with Crippen molar-refractivity contribution < 1.29 is 4.79 Å². The summed E-state index contributed by atoms with van der Waals surface area (Å²) >= 11 is 11.8. The van der Waals surface area contributed by atoms with Crippen LogP contribution in [-0.4, -0.2) is 17.4 Å². The number of aromatic nitrogens is 1. The molecule has 0 aliphatic heterocycles. The van der Waals surface area contributed by atoms with Crippen molar-refractivity contribution in [3.8, 4) is 11.8 Å². The molecule has 0 spiro atoms. The molecule has 6 heteroatoms. The highest BCUT2D eigenvalue weighted by atomic mass is 35.5. The maximum absolute atomic E-state index is 12.2. The lowest BCUT2D eigenvalue weighted by atomic mass is 10.2. The zero-order chi connectivity index (χ0) is 15.2. The van der Waals surface area contributed by atoms with E-state index in [9.17, 15) is 4.79 Å². The number of rotatable bonds is 2. The average molecular weight is 320 g/mol. The Morgan fingerprint density at radius 2 is 1.90 bits per heavy atom. The predicted molar refractivity (Wildman–Crippen MR) is 84.6 cm³/mol. The van der Waals surface area contributed by atoms with Gasteiger partial charge in [0.25, 0.3) is 5.91 Å². The van der Waals surface area contributed by atoms with Gasteiger partial charge in [-0.15, -0.1) is 0 Å². The summed E-state index contributed by atoms with van der Waals surface area (Å²) in [5.41, 5.74) is 6.82. The predicted octanol–water partition coefficient (Wildman–Crippen LogP) is 2.95. The molecular formula is C15H11Cl2N3O. The zero-order valence-electron chi connectivity index (χ0n) is 10.9. The molecular weight excluding hydrogens is 309 g/mol. The highest BCUT2D eigenvalue weighted by Gasteiger charge is 2.08. The maximum atomic E-state index is 12.2. The Kier molecular flexibility index (Phi) is 5.18. The van der Waals surface area contributed by atoms with Crippen LogP contribution in [0.25, 0.3) is 0 Å². The molecule has 21 heavy (non-hydrogen) atoms. The molecule has 0 aliphatic carbocycles. The number of nitrogens with zero attached hydrogens (tertiary/aromatic N) is 1. The minimum Gasteiger partial charge on any atom is -0.322 e. The molecule has 1 aromatic carbocycles. The number of hydrogen-bond acceptors (Lipinski definition) is 3. The summed E-state index contributed by atoms with van der Waals surface area (Å²) in [5, 5.41) is 3.59. The van der Waals surface area contributed by atoms with Crippen molar-refractivity contribution in [3.63, 3.8) is 0 Å². The molecule has 2 aromatic rings. The highest BCUT2D eigenvalue weighted by molar-refractivity contribution is 6.35. The third kappa shape index (κ3) is 4.47. The van der Waals surface area contributed by atoms with Crippen molar-refractivity contribution in [1.82, 2.24) is 4.98 Å². The Morgan fingerprint density at radius 3 is 2.57 bits per heavy atom. The molecule has 4 nitrogen and oxygen atoms in total. The Hall–Kier alpha value is -2.06. The van der Waals surface area contributed by atoms with Gasteiger partial charge >= 0.3 is 0 Å². The van der Waals surface area contributed by atoms with Crippen LogP contribution in [0, 0.1) is 11.8 Å². The van der Waals surface area contributed by atoms with Crippen molar-refractivity contribution in [2.24, 2.45) is 5.73 Å². The van der Waals surface area contributed by atoms with Crippen LogP contribution in [0.4, 0.5) is 5.69 Å². The second-order valence-corrected chi connectivity index (χ2v) is 4.95. The summed E-state index contributed by atoms with van der Waals surface area (Å²) in [4.78, 5) is 16.1. The Bertz CT molecular complexity index is 715. The third-order valence-electron chi connectivity index (χ3n) is 2.46. The van der Waals surface area contributed by atoms with E-state index in [1.165, 1.54) is 6.20 Å². The Morgan fingerprint density at radius 1 is 1.19 bits per heavy atom. The topological polar surface area (TPSA) is 68.0 Å². The molecule has 0 radical (unpaired) electrons. The van der Waals surface area contributed by atoms with Gasteiger partial charge in [-0.25, -0.2) is 0 Å². The second-order valence-electron chi connectivity index (χ2n) is 4.08. The van der Waals surface area contributed by atoms with Gasteiger partial charge in [0.05, 0.1) is 12.1 Å². The minimum absolute atomic E-state index is 0.247. The number of halogens is 2. The number of carbonyl (C=O) groups excluding carboxylic acids is 1. The lowest BCUT2D eigenvalue weighted by Gasteiger charge is -2.06. The first-order chi connectivity index (χ1) is 10.1. The van der Waals surface area contributed by atoms with Crippen LogP contribution in [0.2, 0.25) is 10.0 Å². The van der Waals surface area contributed by atoms with Gasteiger partial charge in [-0.2, -0.15) is 0 Å². The number of pyridine rings is 1. The number of amides is 1. The average Bonchev–Trinajstić information content (AvgIpc) is 2.44. The van der Waals surface area contributed by atoms with E-state index in [4.69, 9.17) is 28.9 Å². The fourth-order valence-corrected chi connectivity index (χ4v) is 2.14. The molecule has 0 atom stereocenters. The van der Waals surface area contributed by atoms with E-state index in [1.54, 1.807) is 30.5 Å². The van der Waals surface area contributed by atoms with Gasteiger partial charge in [0.1, 0.15) is 0 Å². The summed E-state index contributed by atoms with van der Waals surface area (Å²) in [6, 6.07) is 6.44. The summed E-state index contributed by atoms with van der Waals surface area (Å²) < 4.78 is 0. The van der Waals surface area contributed by atoms with Crippen molar-refractivity contribution in [3.05, 3.63) is 57.8 Å². The van der Waals surface area contributed by atoms with Gasteiger partial charge in [0.2, 0.25) is 0 Å². The van der Waals surface area contributed by atoms with Crippen LogP contribution in [-0.2, 0) is 0 Å². The fourth-order valence-electron chi connectivity index (χ4n) is 1.61. The van der Waals surface area contributed by atoms with Crippen LogP contribution >= 0.6 is 23.2 Å². The summed E-state index contributed by atoms with van der Waals surface area (Å²) in [6.07, 6.45) is 3.02. The van der Waals surface area contributed by atoms with Crippen molar-refractivity contribution in [2.75, 3.05) is 11.9 Å². The largest absolute Gasteiger partial charge is 0.322 e. The van der Waals surface area contributed by atoms with E-state index < -0.39 is 0 Å². The third-order valence-corrected chi connectivity index (χ3v) is 2.89. The van der Waals surface area contributed by atoms with E-state index in [0.29, 0.717) is 26.9 Å². The quantitative estimate of drug-likeness (QED) is 0.836. The van der Waals surface area contributed by atoms with Gasteiger partial charge < -0.3 is 11.1 Å². The first kappa shape index (κ1) is 15.3. The monoisotopic (exact) mass is 319 g/mol. The molecule has 106 valence electrons. The first-order valence-electron chi connectivity index (χ1n) is 6.00. The van der Waals surface area contributed by atoms with E-state index >= 15 is 0 Å². The molecule has 0 saturated heterocycles. The van der Waals surface area contributed by atoms with E-state index in [2.05, 4.69) is 22.1 Å². The minimum atomic E-state index is -0.322. The molecule has 1 aromatic heterocycles. The van der Waals surface area contributed by atoms with Crippen LogP contribution in [0.15, 0.2) is 36.7 Å². The number of nitrogens with two attached hydrogens (primary N) is 1. The summed E-state index contributed by atoms with van der Waals surface area (Å²) in [7, 11) is 0. The van der Waals surface area contributed by atoms with E-state index in [0.717, 1.165) is 0 Å². The molecule has 0 bridgehead atoms. The molecule has 0 aliphatic rings. The summed E-state index contributed by atoms with van der Waals surface area (Å²) in [6.45, 7) is 0.247. The molecule has 1 amide bonds. The SMILES string of the molecule is NCC#Cc1cncc(C(=O)Nc2cc(Cl)cc(Cl)c2)c1. The van der Waals surface area contributed by atoms with Gasteiger partial charge in [0.15, 0.2) is 0 Å². The maximum Gasteiger partial charge on any atom is 0.257 e. The van der Waals surface area contributed by atoms with E-state index in [1.807, 2.05) is 0 Å². The second kappa shape index (κ2) is 7.09. The van der Waals surface area contributed by atoms with Crippen molar-refractivity contribution in [2.45, 2.75) is 0 Å². The number of carbonyl (C=O) groups is 1. The molecule has 3 N–H and O–H groups in total. The van der Waals surface area contributed by atoms with Crippen LogP contribution in [0.3, 0.4) is 0 Å². The fraction of sp³-hybridized carbons (Fsp3) is 0.0667. The van der Waals surface area contributed by atoms with Crippen molar-refractivity contribution in [1.29, 1.82) is 0 Å². The molecule has 0 unspecified atom stereocenters.